The van der Waals surface area contributed by atoms with Gasteiger partial charge in [0, 0.05) is 12.6 Å². The van der Waals surface area contributed by atoms with E-state index in [1.54, 1.807) is 0 Å². The Balaban J connectivity index is 1.36. The van der Waals surface area contributed by atoms with Crippen molar-refractivity contribution >= 4 is 23.2 Å². The summed E-state index contributed by atoms with van der Waals surface area (Å²) in [5.74, 6) is -0.256. The van der Waals surface area contributed by atoms with Gasteiger partial charge in [0.2, 0.25) is 0 Å². The first-order valence-corrected chi connectivity index (χ1v) is 12.2. The van der Waals surface area contributed by atoms with Crippen molar-refractivity contribution in [3.63, 3.8) is 0 Å². The van der Waals surface area contributed by atoms with Crippen LogP contribution in [-0.4, -0.2) is 47.4 Å². The molecule has 1 aliphatic heterocycles. The molecule has 1 aromatic heterocycles. The van der Waals surface area contributed by atoms with Crippen molar-refractivity contribution in [3.05, 3.63) is 70.1 Å². The van der Waals surface area contributed by atoms with E-state index < -0.39 is 11.7 Å². The van der Waals surface area contributed by atoms with Crippen LogP contribution in [0.2, 0.25) is 0 Å². The molecular weight excluding hydrogens is 453 g/mol. The summed E-state index contributed by atoms with van der Waals surface area (Å²) in [6.07, 6.45) is 1.82. The first kappa shape index (κ1) is 22.5. The van der Waals surface area contributed by atoms with E-state index in [1.807, 2.05) is 36.9 Å². The third kappa shape index (κ3) is 4.18. The number of fused-ring (bicyclic) bond motifs is 1. The first-order valence-electron chi connectivity index (χ1n) is 11.3. The second kappa shape index (κ2) is 8.83. The molecule has 34 heavy (non-hydrogen) atoms. The number of aromatic nitrogens is 1. The quantitative estimate of drug-likeness (QED) is 0.561. The minimum atomic E-state index is -0.507. The molecule has 0 bridgehead atoms. The Labute approximate surface area is 201 Å². The molecule has 3 aromatic rings. The zero-order chi connectivity index (χ0) is 24.0. The maximum absolute atomic E-state index is 13.7. The number of piperidine rings is 1. The number of likely N-dealkylation sites (tertiary alicyclic amines) is 1. The van der Waals surface area contributed by atoms with Gasteiger partial charge in [-0.3, -0.25) is 9.59 Å². The Kier molecular flexibility index (Phi) is 5.85. The fraction of sp³-hybridized carbons (Fsp3) is 0.346. The molecule has 1 N–H and O–H groups in total. The largest absolute Gasteiger partial charge is 0.496 e. The molecule has 2 fully saturated rings. The molecule has 1 saturated carbocycles. The fourth-order valence-electron chi connectivity index (χ4n) is 4.90. The van der Waals surface area contributed by atoms with Gasteiger partial charge in [-0.25, -0.2) is 9.37 Å². The highest BCUT2D eigenvalue weighted by Crippen LogP contribution is 2.48. The van der Waals surface area contributed by atoms with E-state index in [2.05, 4.69) is 16.4 Å². The van der Waals surface area contributed by atoms with Gasteiger partial charge in [0.05, 0.1) is 28.6 Å². The summed E-state index contributed by atoms with van der Waals surface area (Å²) in [5.41, 5.74) is 2.73. The van der Waals surface area contributed by atoms with Crippen LogP contribution in [0.4, 0.5) is 4.39 Å². The van der Waals surface area contributed by atoms with E-state index in [0.29, 0.717) is 23.9 Å². The van der Waals surface area contributed by atoms with Crippen molar-refractivity contribution in [2.75, 3.05) is 13.7 Å². The molecule has 3 atom stereocenters. The molecule has 2 aliphatic rings. The van der Waals surface area contributed by atoms with Gasteiger partial charge in [-0.15, -0.1) is 11.3 Å². The van der Waals surface area contributed by atoms with E-state index in [-0.39, 0.29) is 23.6 Å². The highest BCUT2D eigenvalue weighted by Gasteiger charge is 2.54. The molecular formula is C26H26FN3O3S. The Bertz CT molecular complexity index is 1270. The van der Waals surface area contributed by atoms with Gasteiger partial charge in [0.25, 0.3) is 11.8 Å². The number of amides is 2. The number of carbonyl (C=O) groups is 2. The zero-order valence-electron chi connectivity index (χ0n) is 19.3. The molecule has 6 nitrogen and oxygen atoms in total. The summed E-state index contributed by atoms with van der Waals surface area (Å²) in [6, 6.07) is 12.0. The van der Waals surface area contributed by atoms with Crippen molar-refractivity contribution in [2.45, 2.75) is 38.8 Å². The Morgan fingerprint density at radius 3 is 2.79 bits per heavy atom. The average molecular weight is 480 g/mol. The lowest BCUT2D eigenvalue weighted by molar-refractivity contribution is 0.0684. The summed E-state index contributed by atoms with van der Waals surface area (Å²) in [6.45, 7) is 4.23. The van der Waals surface area contributed by atoms with Crippen LogP contribution in [0.15, 0.2) is 42.5 Å². The topological polar surface area (TPSA) is 71.5 Å². The number of carbonyl (C=O) groups excluding carboxylic acids is 2. The molecule has 8 heteroatoms. The molecule has 2 aromatic carbocycles. The maximum atomic E-state index is 13.7. The number of hydrogen-bond donors (Lipinski definition) is 1. The molecule has 1 aliphatic carbocycles. The highest BCUT2D eigenvalue weighted by atomic mass is 32.1. The van der Waals surface area contributed by atoms with Crippen LogP contribution in [0, 0.1) is 25.6 Å². The van der Waals surface area contributed by atoms with Gasteiger partial charge in [0.15, 0.2) is 0 Å². The van der Waals surface area contributed by atoms with E-state index >= 15 is 0 Å². The van der Waals surface area contributed by atoms with Crippen LogP contribution >= 0.6 is 11.3 Å². The predicted molar refractivity (Wildman–Crippen MR) is 129 cm³/mol. The van der Waals surface area contributed by atoms with Crippen LogP contribution in [0.3, 0.4) is 0 Å². The van der Waals surface area contributed by atoms with E-state index in [9.17, 15) is 14.0 Å². The van der Waals surface area contributed by atoms with E-state index in [4.69, 9.17) is 4.74 Å². The van der Waals surface area contributed by atoms with Crippen LogP contribution in [0.1, 0.15) is 44.3 Å². The van der Waals surface area contributed by atoms with Crippen molar-refractivity contribution in [3.8, 4) is 16.2 Å². The number of hydrogen-bond acceptors (Lipinski definition) is 5. The third-order valence-corrected chi connectivity index (χ3v) is 7.59. The standard InChI is InChI=1S/C26H26FN3O3S/c1-14-5-4-6-16(9-14)24-23(29-15(2)34-24)26(32)30-19(10-17-11-21(17)30)13-28-25(31)20-12-18(27)7-8-22(20)33-3/h4-9,12,17,19,21H,10-11,13H2,1-3H3,(H,28,31)/t17-,19-,21-/m0/s1. The van der Waals surface area contributed by atoms with Gasteiger partial charge < -0.3 is 15.0 Å². The maximum Gasteiger partial charge on any atom is 0.274 e. The second-order valence-electron chi connectivity index (χ2n) is 9.00. The summed E-state index contributed by atoms with van der Waals surface area (Å²) in [5, 5.41) is 3.72. The molecule has 2 amide bonds. The summed E-state index contributed by atoms with van der Waals surface area (Å²) < 4.78 is 18.9. The summed E-state index contributed by atoms with van der Waals surface area (Å²) in [7, 11) is 1.44. The number of halogens is 1. The molecule has 0 spiro atoms. The van der Waals surface area contributed by atoms with Gasteiger partial charge in [-0.05, 0) is 56.4 Å². The molecule has 1 saturated heterocycles. The van der Waals surface area contributed by atoms with E-state index in [0.717, 1.165) is 39.9 Å². The second-order valence-corrected chi connectivity index (χ2v) is 10.2. The van der Waals surface area contributed by atoms with Crippen LogP contribution in [-0.2, 0) is 0 Å². The van der Waals surface area contributed by atoms with Crippen LogP contribution < -0.4 is 10.1 Å². The monoisotopic (exact) mass is 479 g/mol. The number of ether oxygens (including phenoxy) is 1. The molecule has 176 valence electrons. The third-order valence-electron chi connectivity index (χ3n) is 6.57. The van der Waals surface area contributed by atoms with Crippen molar-refractivity contribution in [1.82, 2.24) is 15.2 Å². The van der Waals surface area contributed by atoms with Gasteiger partial charge in [-0.2, -0.15) is 0 Å². The smallest absolute Gasteiger partial charge is 0.274 e. The predicted octanol–water partition coefficient (Wildman–Crippen LogP) is 4.61. The lowest BCUT2D eigenvalue weighted by atomic mass is 10.1. The minimum Gasteiger partial charge on any atom is -0.496 e. The zero-order valence-corrected chi connectivity index (χ0v) is 20.1. The minimum absolute atomic E-state index is 0.0894. The fourth-order valence-corrected chi connectivity index (χ4v) is 5.80. The lowest BCUT2D eigenvalue weighted by Gasteiger charge is -2.27. The Morgan fingerprint density at radius 2 is 2.03 bits per heavy atom. The first-order chi connectivity index (χ1) is 16.4. The van der Waals surface area contributed by atoms with Crippen molar-refractivity contribution in [1.29, 1.82) is 0 Å². The summed E-state index contributed by atoms with van der Waals surface area (Å²) >= 11 is 1.52. The number of rotatable bonds is 6. The normalized spacial score (nSPS) is 20.7. The number of thiazole rings is 1. The summed E-state index contributed by atoms with van der Waals surface area (Å²) in [4.78, 5) is 33.9. The number of methoxy groups -OCH3 is 1. The van der Waals surface area contributed by atoms with Crippen LogP contribution in [0.25, 0.3) is 10.4 Å². The molecule has 0 unspecified atom stereocenters. The number of aryl methyl sites for hydroxylation is 2. The molecule has 2 heterocycles. The van der Waals surface area contributed by atoms with Crippen molar-refractivity contribution in [2.24, 2.45) is 5.92 Å². The Hall–Kier alpha value is -3.26. The number of nitrogens with one attached hydrogen (secondary N) is 1. The Morgan fingerprint density at radius 1 is 1.21 bits per heavy atom. The van der Waals surface area contributed by atoms with Gasteiger partial charge >= 0.3 is 0 Å². The average Bonchev–Trinajstić information content (AvgIpc) is 3.30. The van der Waals surface area contributed by atoms with Gasteiger partial charge in [0.1, 0.15) is 17.3 Å². The SMILES string of the molecule is COc1ccc(F)cc1C(=O)NC[C@@H]1C[C@H]2C[C@@H]2N1C(=O)c1nc(C)sc1-c1cccc(C)c1. The van der Waals surface area contributed by atoms with Gasteiger partial charge in [-0.1, -0.05) is 29.8 Å². The number of benzene rings is 2. The highest BCUT2D eigenvalue weighted by molar-refractivity contribution is 7.15. The molecule has 0 radical (unpaired) electrons. The lowest BCUT2D eigenvalue weighted by Crippen LogP contribution is -2.45. The van der Waals surface area contributed by atoms with Crippen LogP contribution in [0.5, 0.6) is 5.75 Å². The molecule has 5 rings (SSSR count). The number of nitrogens with zero attached hydrogens (tertiary/aromatic N) is 2. The van der Waals surface area contributed by atoms with E-state index in [1.165, 1.54) is 30.6 Å². The van der Waals surface area contributed by atoms with Crippen molar-refractivity contribution < 1.29 is 18.7 Å².